The number of esters is 1. The molecule has 16 heavy (non-hydrogen) atoms. The molecule has 1 aliphatic carbocycles. The van der Waals surface area contributed by atoms with Crippen molar-refractivity contribution in [3.8, 4) is 0 Å². The summed E-state index contributed by atoms with van der Waals surface area (Å²) in [6, 6.07) is 0. The number of carbonyl (C=O) groups is 1. The molecule has 4 heteroatoms. The van der Waals surface area contributed by atoms with Gasteiger partial charge in [0, 0.05) is 4.88 Å². The van der Waals surface area contributed by atoms with Crippen molar-refractivity contribution in [1.82, 2.24) is 4.98 Å². The summed E-state index contributed by atoms with van der Waals surface area (Å²) in [4.78, 5) is 16.8. The van der Waals surface area contributed by atoms with E-state index in [9.17, 15) is 4.79 Å². The molecule has 1 fully saturated rings. The Balaban J connectivity index is 2.19. The van der Waals surface area contributed by atoms with E-state index in [0.717, 1.165) is 10.8 Å². The van der Waals surface area contributed by atoms with Gasteiger partial charge in [0.05, 0.1) is 12.6 Å². The zero-order chi connectivity index (χ0) is 11.5. The van der Waals surface area contributed by atoms with E-state index in [2.05, 4.69) is 11.9 Å². The first kappa shape index (κ1) is 11.6. The molecule has 0 spiro atoms. The molecular weight excluding hydrogens is 222 g/mol. The Labute approximate surface area is 99.8 Å². The highest BCUT2D eigenvalue weighted by Crippen LogP contribution is 2.39. The molecule has 2 atom stereocenters. The van der Waals surface area contributed by atoms with Crippen LogP contribution >= 0.6 is 11.3 Å². The molecule has 88 valence electrons. The largest absolute Gasteiger partial charge is 0.464 e. The fourth-order valence-corrected chi connectivity index (χ4v) is 3.39. The second kappa shape index (κ2) is 4.95. The Kier molecular flexibility index (Phi) is 3.59. The molecule has 3 nitrogen and oxygen atoms in total. The highest BCUT2D eigenvalue weighted by Gasteiger charge is 2.26. The van der Waals surface area contributed by atoms with E-state index in [-0.39, 0.29) is 5.97 Å². The van der Waals surface area contributed by atoms with Crippen LogP contribution in [-0.4, -0.2) is 18.1 Å². The minimum Gasteiger partial charge on any atom is -0.464 e. The smallest absolute Gasteiger partial charge is 0.357 e. The number of rotatable bonds is 2. The van der Waals surface area contributed by atoms with Crippen LogP contribution in [0, 0.1) is 5.92 Å². The van der Waals surface area contributed by atoms with Gasteiger partial charge in [-0.05, 0) is 24.7 Å². The van der Waals surface area contributed by atoms with Gasteiger partial charge in [-0.15, -0.1) is 11.3 Å². The molecule has 0 aromatic carbocycles. The Bertz CT molecular complexity index is 375. The lowest BCUT2D eigenvalue weighted by atomic mass is 9.81. The van der Waals surface area contributed by atoms with Gasteiger partial charge in [0.15, 0.2) is 5.69 Å². The maximum Gasteiger partial charge on any atom is 0.357 e. The van der Waals surface area contributed by atoms with Gasteiger partial charge in [0.2, 0.25) is 0 Å². The molecular formula is C12H17NO2S. The average molecular weight is 239 g/mol. The van der Waals surface area contributed by atoms with Crippen molar-refractivity contribution in [3.63, 3.8) is 0 Å². The molecule has 0 radical (unpaired) electrons. The van der Waals surface area contributed by atoms with Crippen LogP contribution in [0.25, 0.3) is 0 Å². The second-order valence-corrected chi connectivity index (χ2v) is 5.41. The van der Waals surface area contributed by atoms with Gasteiger partial charge >= 0.3 is 5.97 Å². The van der Waals surface area contributed by atoms with Gasteiger partial charge < -0.3 is 4.74 Å². The van der Waals surface area contributed by atoms with Crippen LogP contribution in [0.15, 0.2) is 5.51 Å². The van der Waals surface area contributed by atoms with Crippen LogP contribution in [0.5, 0.6) is 0 Å². The number of nitrogens with zero attached hydrogens (tertiary/aromatic N) is 1. The van der Waals surface area contributed by atoms with Gasteiger partial charge in [-0.25, -0.2) is 9.78 Å². The average Bonchev–Trinajstić information content (AvgIpc) is 2.77. The van der Waals surface area contributed by atoms with Crippen LogP contribution in [-0.2, 0) is 4.74 Å². The SMILES string of the molecule is COC(=O)c1ncsc1C1CCCC(C)C1. The number of hydrogen-bond acceptors (Lipinski definition) is 4. The van der Waals surface area contributed by atoms with E-state index in [4.69, 9.17) is 4.74 Å². The topological polar surface area (TPSA) is 39.2 Å². The minimum atomic E-state index is -0.297. The van der Waals surface area contributed by atoms with Crippen molar-refractivity contribution in [2.75, 3.05) is 7.11 Å². The fourth-order valence-electron chi connectivity index (χ4n) is 2.47. The Morgan fingerprint density at radius 3 is 3.06 bits per heavy atom. The van der Waals surface area contributed by atoms with Crippen molar-refractivity contribution in [1.29, 1.82) is 0 Å². The Morgan fingerprint density at radius 1 is 1.56 bits per heavy atom. The summed E-state index contributed by atoms with van der Waals surface area (Å²) in [6.45, 7) is 2.28. The van der Waals surface area contributed by atoms with E-state index in [1.807, 2.05) is 0 Å². The molecule has 1 aromatic rings. The molecule has 1 aliphatic rings. The highest BCUT2D eigenvalue weighted by atomic mass is 32.1. The number of methoxy groups -OCH3 is 1. The van der Waals surface area contributed by atoms with Crippen molar-refractivity contribution < 1.29 is 9.53 Å². The summed E-state index contributed by atoms with van der Waals surface area (Å²) in [6.07, 6.45) is 4.91. The third-order valence-electron chi connectivity index (χ3n) is 3.28. The van der Waals surface area contributed by atoms with Crippen LogP contribution in [0.4, 0.5) is 0 Å². The lowest BCUT2D eigenvalue weighted by molar-refractivity contribution is 0.0592. The van der Waals surface area contributed by atoms with Crippen LogP contribution in [0.3, 0.4) is 0 Å². The maximum absolute atomic E-state index is 11.5. The number of thiazole rings is 1. The second-order valence-electron chi connectivity index (χ2n) is 4.53. The molecule has 1 aromatic heterocycles. The quantitative estimate of drug-likeness (QED) is 0.744. The standard InChI is InChI=1S/C12H17NO2S/c1-8-4-3-5-9(6-8)11-10(12(14)15-2)13-7-16-11/h7-9H,3-6H2,1-2H3. The van der Waals surface area contributed by atoms with E-state index in [1.54, 1.807) is 16.8 Å². The van der Waals surface area contributed by atoms with Gasteiger partial charge in [0.25, 0.3) is 0 Å². The predicted octanol–water partition coefficient (Wildman–Crippen LogP) is 3.22. The third-order valence-corrected chi connectivity index (χ3v) is 4.27. The van der Waals surface area contributed by atoms with Crippen molar-refractivity contribution >= 4 is 17.3 Å². The zero-order valence-corrected chi connectivity index (χ0v) is 10.5. The summed E-state index contributed by atoms with van der Waals surface area (Å²) in [5.41, 5.74) is 2.28. The van der Waals surface area contributed by atoms with Gasteiger partial charge in [-0.1, -0.05) is 19.8 Å². The fraction of sp³-hybridized carbons (Fsp3) is 0.667. The molecule has 0 amide bonds. The molecule has 0 aliphatic heterocycles. The normalized spacial score (nSPS) is 25.4. The highest BCUT2D eigenvalue weighted by molar-refractivity contribution is 7.10. The van der Waals surface area contributed by atoms with E-state index < -0.39 is 0 Å². The minimum absolute atomic E-state index is 0.297. The summed E-state index contributed by atoms with van der Waals surface area (Å²) in [5.74, 6) is 0.964. The first-order chi connectivity index (χ1) is 7.72. The zero-order valence-electron chi connectivity index (χ0n) is 9.73. The third kappa shape index (κ3) is 2.26. The molecule has 0 N–H and O–H groups in total. The van der Waals surface area contributed by atoms with Crippen LogP contribution in [0.2, 0.25) is 0 Å². The number of carbonyl (C=O) groups excluding carboxylic acids is 1. The number of aromatic nitrogens is 1. The monoisotopic (exact) mass is 239 g/mol. The van der Waals surface area contributed by atoms with Crippen molar-refractivity contribution in [2.45, 2.75) is 38.5 Å². The van der Waals surface area contributed by atoms with Gasteiger partial charge in [0.1, 0.15) is 0 Å². The molecule has 0 bridgehead atoms. The molecule has 0 saturated heterocycles. The van der Waals surface area contributed by atoms with E-state index in [1.165, 1.54) is 32.8 Å². The number of ether oxygens (including phenoxy) is 1. The first-order valence-electron chi connectivity index (χ1n) is 5.74. The molecule has 1 saturated carbocycles. The van der Waals surface area contributed by atoms with Crippen LogP contribution in [0.1, 0.15) is 53.9 Å². The van der Waals surface area contributed by atoms with Gasteiger partial charge in [-0.3, -0.25) is 0 Å². The van der Waals surface area contributed by atoms with Gasteiger partial charge in [-0.2, -0.15) is 0 Å². The maximum atomic E-state index is 11.5. The predicted molar refractivity (Wildman–Crippen MR) is 63.8 cm³/mol. The summed E-state index contributed by atoms with van der Waals surface area (Å²) < 4.78 is 4.76. The Morgan fingerprint density at radius 2 is 2.38 bits per heavy atom. The van der Waals surface area contributed by atoms with E-state index >= 15 is 0 Å². The lowest BCUT2D eigenvalue weighted by Crippen LogP contribution is -2.14. The van der Waals surface area contributed by atoms with Crippen molar-refractivity contribution in [2.24, 2.45) is 5.92 Å². The first-order valence-corrected chi connectivity index (χ1v) is 6.62. The van der Waals surface area contributed by atoms with E-state index in [0.29, 0.717) is 11.6 Å². The lowest BCUT2D eigenvalue weighted by Gasteiger charge is -2.26. The summed E-state index contributed by atoms with van der Waals surface area (Å²) in [7, 11) is 1.41. The molecule has 2 unspecified atom stereocenters. The summed E-state index contributed by atoms with van der Waals surface area (Å²) in [5, 5.41) is 0. The molecule has 2 rings (SSSR count). The molecule has 1 heterocycles. The summed E-state index contributed by atoms with van der Waals surface area (Å²) >= 11 is 1.59. The van der Waals surface area contributed by atoms with Crippen molar-refractivity contribution in [3.05, 3.63) is 16.1 Å². The Hall–Kier alpha value is -0.900. The number of hydrogen-bond donors (Lipinski definition) is 0. The van der Waals surface area contributed by atoms with Crippen LogP contribution < -0.4 is 0 Å².